The molecule has 3 amide bonds. The molecule has 10 N–H and O–H groups in total. The van der Waals surface area contributed by atoms with Gasteiger partial charge in [-0.2, -0.15) is 0 Å². The first kappa shape index (κ1) is 24.6. The molecule has 38 heavy (non-hydrogen) atoms. The van der Waals surface area contributed by atoms with Crippen LogP contribution in [-0.4, -0.2) is 92.0 Å². The third kappa shape index (κ3) is 3.21. The van der Waals surface area contributed by atoms with Gasteiger partial charge in [0.15, 0.2) is 6.04 Å². The van der Waals surface area contributed by atoms with Crippen LogP contribution in [0.15, 0.2) is 18.2 Å². The van der Waals surface area contributed by atoms with Crippen molar-refractivity contribution in [2.24, 2.45) is 11.5 Å². The number of amides is 3. The van der Waals surface area contributed by atoms with E-state index in [2.05, 4.69) is 34.8 Å². The summed E-state index contributed by atoms with van der Waals surface area (Å²) in [5, 5.41) is 32.2. The van der Waals surface area contributed by atoms with E-state index in [0.717, 1.165) is 28.9 Å². The molecule has 1 aromatic rings. The van der Waals surface area contributed by atoms with Gasteiger partial charge in [-0.15, -0.1) is 0 Å². The van der Waals surface area contributed by atoms with E-state index in [1.165, 1.54) is 4.58 Å². The monoisotopic (exact) mass is 526 g/mol. The highest BCUT2D eigenvalue weighted by molar-refractivity contribution is 6.02. The van der Waals surface area contributed by atoms with Crippen molar-refractivity contribution in [3.05, 3.63) is 34.9 Å². The first-order chi connectivity index (χ1) is 17.9. The quantitative estimate of drug-likeness (QED) is 0.108. The minimum atomic E-state index is -2.55. The highest BCUT2D eigenvalue weighted by Gasteiger charge is 2.78. The Morgan fingerprint density at radius 1 is 1.21 bits per heavy atom. The van der Waals surface area contributed by atoms with Crippen molar-refractivity contribution < 1.29 is 34.2 Å². The van der Waals surface area contributed by atoms with Crippen molar-refractivity contribution in [3.8, 4) is 0 Å². The van der Waals surface area contributed by atoms with Gasteiger partial charge in [0, 0.05) is 18.4 Å². The van der Waals surface area contributed by atoms with E-state index in [1.54, 1.807) is 6.07 Å². The summed E-state index contributed by atoms with van der Waals surface area (Å²) in [4.78, 5) is 42.3. The molecule has 1 spiro atoms. The Morgan fingerprint density at radius 3 is 2.63 bits per heavy atom. The van der Waals surface area contributed by atoms with E-state index in [1.807, 2.05) is 12.1 Å². The molecule has 0 unspecified atom stereocenters. The molecule has 6 rings (SSSR count). The second-order valence-electron chi connectivity index (χ2n) is 11.5. The highest BCUT2D eigenvalue weighted by atomic mass is 16.5. The van der Waals surface area contributed by atoms with E-state index in [-0.39, 0.29) is 55.1 Å². The van der Waals surface area contributed by atoms with Crippen LogP contribution < -0.4 is 32.4 Å². The summed E-state index contributed by atoms with van der Waals surface area (Å²) in [5.41, 5.74) is 13.3. The maximum absolute atomic E-state index is 13.5. The van der Waals surface area contributed by atoms with Crippen LogP contribution >= 0.6 is 0 Å². The van der Waals surface area contributed by atoms with E-state index >= 15 is 0 Å². The van der Waals surface area contributed by atoms with Crippen LogP contribution in [0, 0.1) is 0 Å². The Balaban J connectivity index is 1.32. The molecular weight excluding hydrogens is 492 g/mol. The summed E-state index contributed by atoms with van der Waals surface area (Å²) in [6.07, 6.45) is 1.94. The summed E-state index contributed by atoms with van der Waals surface area (Å²) >= 11 is 0. The summed E-state index contributed by atoms with van der Waals surface area (Å²) in [5.74, 6) is -3.40. The lowest BCUT2D eigenvalue weighted by molar-refractivity contribution is -0.674. The van der Waals surface area contributed by atoms with Gasteiger partial charge in [-0.1, -0.05) is 26.0 Å². The Bertz CT molecular complexity index is 1320. The normalized spacial score (nSPS) is 32.4. The molecule has 4 aliphatic heterocycles. The van der Waals surface area contributed by atoms with Crippen molar-refractivity contribution in [1.82, 2.24) is 20.9 Å². The molecular formula is C25H34N8O5+2. The Hall–Kier alpha value is -3.71. The largest absolute Gasteiger partial charge is 0.358 e. The molecule has 4 atom stereocenters. The van der Waals surface area contributed by atoms with Crippen LogP contribution in [0.3, 0.4) is 0 Å². The minimum Gasteiger partial charge on any atom is -0.358 e. The Morgan fingerprint density at radius 2 is 1.92 bits per heavy atom. The molecule has 2 saturated heterocycles. The number of hydrogen-bond acceptors (Lipinski definition) is 9. The molecule has 0 saturated carbocycles. The molecule has 1 aliphatic carbocycles. The number of guanidine groups is 2. The smallest absolute Gasteiger partial charge is 0.347 e. The standard InChI is InChI=1S/C25H32N8O5/c1-23(2)9-8-12-13(4-3-5-14(12)23)20(36)29-16-11-33-22(27)28-15(10-32-17(34)6-7-18(32)35)19-24(33,25(16,37)38)31-21(26)30-19/h3-5,15-16,19,37-38H,6-11H2,1-2H3,(H6,26,27,28,29,30,31,36)/p+2/t15-,16-,19-,24-/m0/s1. The number of fused-ring (bicyclic) bond motifs is 1. The number of hydrogen-bond donors (Lipinski definition) is 8. The van der Waals surface area contributed by atoms with Gasteiger partial charge in [0.1, 0.15) is 12.1 Å². The molecule has 0 radical (unpaired) electrons. The van der Waals surface area contributed by atoms with Gasteiger partial charge in [-0.05, 0) is 35.4 Å². The molecule has 2 fully saturated rings. The molecule has 0 aromatic heterocycles. The lowest BCUT2D eigenvalue weighted by atomic mass is 9.84. The van der Waals surface area contributed by atoms with Gasteiger partial charge in [-0.3, -0.25) is 41.1 Å². The number of aliphatic hydroxyl groups is 2. The number of carbonyl (C=O) groups is 3. The number of carbonyl (C=O) groups excluding carboxylic acids is 3. The van der Waals surface area contributed by atoms with Crippen molar-refractivity contribution in [2.45, 2.75) is 74.5 Å². The van der Waals surface area contributed by atoms with E-state index < -0.39 is 35.5 Å². The zero-order chi connectivity index (χ0) is 27.2. The third-order valence-electron chi connectivity index (χ3n) is 8.94. The molecule has 4 heterocycles. The lowest BCUT2D eigenvalue weighted by Gasteiger charge is -2.41. The van der Waals surface area contributed by atoms with Gasteiger partial charge in [-0.25, -0.2) is 9.89 Å². The number of imide groups is 1. The zero-order valence-corrected chi connectivity index (χ0v) is 21.4. The minimum absolute atomic E-state index is 0.0369. The fourth-order valence-electron chi connectivity index (χ4n) is 6.93. The predicted molar refractivity (Wildman–Crippen MR) is 133 cm³/mol. The second kappa shape index (κ2) is 7.90. The summed E-state index contributed by atoms with van der Waals surface area (Å²) in [6.45, 7) is 4.21. The zero-order valence-electron chi connectivity index (χ0n) is 21.4. The number of nitrogens with two attached hydrogens (primary N) is 2. The van der Waals surface area contributed by atoms with Gasteiger partial charge in [0.05, 0.1) is 13.1 Å². The first-order valence-electron chi connectivity index (χ1n) is 12.9. The van der Waals surface area contributed by atoms with Crippen LogP contribution in [0.5, 0.6) is 0 Å². The van der Waals surface area contributed by atoms with E-state index in [4.69, 9.17) is 11.5 Å². The number of benzene rings is 1. The fourth-order valence-corrected chi connectivity index (χ4v) is 6.93. The fraction of sp³-hybridized carbons (Fsp3) is 0.560. The first-order valence-corrected chi connectivity index (χ1v) is 12.9. The maximum atomic E-state index is 13.5. The SMILES string of the molecule is CC1(C)CCc2c(C(=O)N[C@H]3C[N+]4=C(N)N[C@@H](CN5C(=O)CCC5=O)[C@@H]5[NH+]=C(N)N[C@@]54C3(O)O)cccc21. The number of rotatable bonds is 4. The van der Waals surface area contributed by atoms with Crippen molar-refractivity contribution in [2.75, 3.05) is 13.1 Å². The van der Waals surface area contributed by atoms with Crippen molar-refractivity contribution >= 4 is 29.6 Å². The van der Waals surface area contributed by atoms with Gasteiger partial charge in [0.25, 0.3) is 17.4 Å². The average molecular weight is 527 g/mol. The van der Waals surface area contributed by atoms with E-state index in [9.17, 15) is 24.6 Å². The summed E-state index contributed by atoms with van der Waals surface area (Å²) in [6, 6.07) is 2.95. The third-order valence-corrected chi connectivity index (χ3v) is 8.94. The van der Waals surface area contributed by atoms with Gasteiger partial charge >= 0.3 is 11.9 Å². The topological polar surface area (TPSA) is 200 Å². The van der Waals surface area contributed by atoms with Crippen molar-refractivity contribution in [3.63, 3.8) is 0 Å². The average Bonchev–Trinajstić information content (AvgIpc) is 3.54. The Kier molecular flexibility index (Phi) is 5.12. The van der Waals surface area contributed by atoms with Crippen LogP contribution in [0.4, 0.5) is 0 Å². The second-order valence-corrected chi connectivity index (χ2v) is 11.5. The maximum Gasteiger partial charge on any atom is 0.347 e. The molecule has 0 bridgehead atoms. The number of nitrogens with one attached hydrogen (secondary N) is 4. The van der Waals surface area contributed by atoms with Crippen LogP contribution in [0.1, 0.15) is 54.6 Å². The number of likely N-dealkylation sites (tertiary alicyclic amines) is 1. The van der Waals surface area contributed by atoms with Crippen molar-refractivity contribution in [1.29, 1.82) is 0 Å². The molecule has 1 aromatic carbocycles. The Labute approximate surface area is 218 Å². The number of nitrogens with zero attached hydrogens (tertiary/aromatic N) is 2. The van der Waals surface area contributed by atoms with Crippen LogP contribution in [-0.2, 0) is 21.4 Å². The van der Waals surface area contributed by atoms with Crippen LogP contribution in [0.2, 0.25) is 0 Å². The van der Waals surface area contributed by atoms with Gasteiger partial charge < -0.3 is 15.5 Å². The highest BCUT2D eigenvalue weighted by Crippen LogP contribution is 2.41. The van der Waals surface area contributed by atoms with E-state index in [0.29, 0.717) is 5.56 Å². The lowest BCUT2D eigenvalue weighted by Crippen LogP contribution is -2.92. The molecule has 13 heteroatoms. The molecule has 13 nitrogen and oxygen atoms in total. The predicted octanol–water partition coefficient (Wildman–Crippen LogP) is -4.79. The summed E-state index contributed by atoms with van der Waals surface area (Å²) in [7, 11) is 0. The molecule has 5 aliphatic rings. The van der Waals surface area contributed by atoms with Gasteiger partial charge in [0.2, 0.25) is 11.8 Å². The van der Waals surface area contributed by atoms with Crippen LogP contribution in [0.25, 0.3) is 0 Å². The molecule has 202 valence electrons. The summed E-state index contributed by atoms with van der Waals surface area (Å²) < 4.78 is 1.53.